The van der Waals surface area contributed by atoms with Gasteiger partial charge in [0, 0.05) is 31.0 Å². The Morgan fingerprint density at radius 2 is 1.71 bits per heavy atom. The van der Waals surface area contributed by atoms with Crippen LogP contribution in [0.3, 0.4) is 0 Å². The summed E-state index contributed by atoms with van der Waals surface area (Å²) in [6, 6.07) is 14.9. The number of hydrogen-bond donors (Lipinski definition) is 1. The molecule has 0 saturated carbocycles. The van der Waals surface area contributed by atoms with Gasteiger partial charge >= 0.3 is 0 Å². The van der Waals surface area contributed by atoms with E-state index in [1.54, 1.807) is 35.7 Å². The van der Waals surface area contributed by atoms with Crippen molar-refractivity contribution in [3.63, 3.8) is 0 Å². The lowest BCUT2D eigenvalue weighted by Gasteiger charge is -2.29. The molecule has 4 nitrogen and oxygen atoms in total. The van der Waals surface area contributed by atoms with Crippen LogP contribution in [0.15, 0.2) is 48.5 Å². The van der Waals surface area contributed by atoms with E-state index in [2.05, 4.69) is 17.4 Å². The minimum absolute atomic E-state index is 0.0566. The third kappa shape index (κ3) is 8.76. The van der Waals surface area contributed by atoms with Crippen molar-refractivity contribution in [3.05, 3.63) is 69.7 Å². The van der Waals surface area contributed by atoms with Gasteiger partial charge in [0.15, 0.2) is 0 Å². The number of carbonyl (C=O) groups is 2. The number of hydrogen-bond acceptors (Lipinski definition) is 3. The molecule has 0 saturated heterocycles. The predicted molar refractivity (Wildman–Crippen MR) is 132 cm³/mol. The minimum atomic E-state index is -0.583. The SMILES string of the molecule is CC(C)CNC(=O)[C@@H](C)N(Cc1ccc(Cl)c(Cl)c1)C(=O)CCSCc1ccccc1. The number of thioether (sulfide) groups is 1. The number of nitrogens with one attached hydrogen (secondary N) is 1. The molecule has 0 spiro atoms. The zero-order valence-electron chi connectivity index (χ0n) is 18.2. The Balaban J connectivity index is 2.03. The van der Waals surface area contributed by atoms with E-state index in [1.165, 1.54) is 5.56 Å². The molecule has 7 heteroatoms. The largest absolute Gasteiger partial charge is 0.354 e. The standard InChI is InChI=1S/C24H30Cl2N2O2S/c1-17(2)14-27-24(30)18(3)28(15-20-9-10-21(25)22(26)13-20)23(29)11-12-31-16-19-7-5-4-6-8-19/h4-10,13,17-18H,11-12,14-16H2,1-3H3,(H,27,30)/t18-/m1/s1. The van der Waals surface area contributed by atoms with Gasteiger partial charge < -0.3 is 10.2 Å². The van der Waals surface area contributed by atoms with Crippen LogP contribution in [0.4, 0.5) is 0 Å². The Hall–Kier alpha value is -1.69. The first kappa shape index (κ1) is 25.6. The van der Waals surface area contributed by atoms with E-state index < -0.39 is 6.04 Å². The number of nitrogens with zero attached hydrogens (tertiary/aromatic N) is 1. The average Bonchev–Trinajstić information content (AvgIpc) is 2.75. The molecular weight excluding hydrogens is 451 g/mol. The summed E-state index contributed by atoms with van der Waals surface area (Å²) in [4.78, 5) is 27.4. The lowest BCUT2D eigenvalue weighted by atomic mass is 10.1. The van der Waals surface area contributed by atoms with Gasteiger partial charge in [0.25, 0.3) is 0 Å². The van der Waals surface area contributed by atoms with Gasteiger partial charge in [-0.2, -0.15) is 11.8 Å². The van der Waals surface area contributed by atoms with Gasteiger partial charge in [-0.25, -0.2) is 0 Å². The van der Waals surface area contributed by atoms with Crippen molar-refractivity contribution in [3.8, 4) is 0 Å². The van der Waals surface area contributed by atoms with E-state index in [0.717, 1.165) is 11.3 Å². The second-order valence-electron chi connectivity index (χ2n) is 7.87. The zero-order chi connectivity index (χ0) is 22.8. The van der Waals surface area contributed by atoms with E-state index in [1.807, 2.05) is 38.1 Å². The lowest BCUT2D eigenvalue weighted by molar-refractivity contribution is -0.140. The Morgan fingerprint density at radius 1 is 1.00 bits per heavy atom. The Labute approximate surface area is 199 Å². The molecule has 0 aromatic heterocycles. The maximum atomic E-state index is 13.1. The molecule has 168 valence electrons. The summed E-state index contributed by atoms with van der Waals surface area (Å²) in [7, 11) is 0. The number of halogens is 2. The summed E-state index contributed by atoms with van der Waals surface area (Å²) in [6.07, 6.45) is 0.362. The fourth-order valence-electron chi connectivity index (χ4n) is 2.94. The van der Waals surface area contributed by atoms with Gasteiger partial charge in [0.05, 0.1) is 10.0 Å². The highest BCUT2D eigenvalue weighted by atomic mass is 35.5. The smallest absolute Gasteiger partial charge is 0.242 e. The van der Waals surface area contributed by atoms with Crippen LogP contribution in [0.5, 0.6) is 0 Å². The normalized spacial score (nSPS) is 11.9. The molecule has 0 aliphatic heterocycles. The van der Waals surface area contributed by atoms with Crippen molar-refractivity contribution in [1.29, 1.82) is 0 Å². The lowest BCUT2D eigenvalue weighted by Crippen LogP contribution is -2.48. The van der Waals surface area contributed by atoms with Crippen molar-refractivity contribution in [2.75, 3.05) is 12.3 Å². The highest BCUT2D eigenvalue weighted by molar-refractivity contribution is 7.98. The summed E-state index contributed by atoms with van der Waals surface area (Å²) in [5.74, 6) is 1.67. The Morgan fingerprint density at radius 3 is 2.35 bits per heavy atom. The second-order valence-corrected chi connectivity index (χ2v) is 9.79. The quantitative estimate of drug-likeness (QED) is 0.413. The van der Waals surface area contributed by atoms with Crippen molar-refractivity contribution >= 4 is 46.8 Å². The first-order valence-corrected chi connectivity index (χ1v) is 12.3. The van der Waals surface area contributed by atoms with Gasteiger partial charge in [-0.15, -0.1) is 0 Å². The molecule has 0 heterocycles. The maximum Gasteiger partial charge on any atom is 0.242 e. The first-order chi connectivity index (χ1) is 14.8. The fraction of sp³-hybridized carbons (Fsp3) is 0.417. The number of carbonyl (C=O) groups excluding carboxylic acids is 2. The topological polar surface area (TPSA) is 49.4 Å². The maximum absolute atomic E-state index is 13.1. The molecule has 2 aromatic carbocycles. The third-order valence-electron chi connectivity index (χ3n) is 4.76. The zero-order valence-corrected chi connectivity index (χ0v) is 20.6. The molecule has 0 radical (unpaired) electrons. The highest BCUT2D eigenvalue weighted by Gasteiger charge is 2.26. The van der Waals surface area contributed by atoms with Crippen LogP contribution in [0.1, 0.15) is 38.3 Å². The van der Waals surface area contributed by atoms with Crippen LogP contribution in [-0.2, 0) is 21.9 Å². The van der Waals surface area contributed by atoms with E-state index in [9.17, 15) is 9.59 Å². The van der Waals surface area contributed by atoms with Crippen LogP contribution in [0, 0.1) is 5.92 Å². The number of rotatable bonds is 11. The number of amides is 2. The molecule has 2 amide bonds. The monoisotopic (exact) mass is 480 g/mol. The van der Waals surface area contributed by atoms with E-state index in [4.69, 9.17) is 23.2 Å². The van der Waals surface area contributed by atoms with Crippen LogP contribution in [0.25, 0.3) is 0 Å². The van der Waals surface area contributed by atoms with Crippen molar-refractivity contribution in [2.24, 2.45) is 5.92 Å². The van der Waals surface area contributed by atoms with E-state index in [0.29, 0.717) is 41.2 Å². The van der Waals surface area contributed by atoms with Crippen LogP contribution in [-0.4, -0.2) is 35.1 Å². The molecule has 0 fully saturated rings. The molecule has 2 rings (SSSR count). The Bertz CT molecular complexity index is 862. The van der Waals surface area contributed by atoms with Gasteiger partial charge in [0.2, 0.25) is 11.8 Å². The first-order valence-electron chi connectivity index (χ1n) is 10.4. The second kappa shape index (κ2) is 13.0. The van der Waals surface area contributed by atoms with Gasteiger partial charge in [-0.05, 0) is 36.1 Å². The molecule has 0 aliphatic rings. The summed E-state index contributed by atoms with van der Waals surface area (Å²) in [5.41, 5.74) is 2.07. The predicted octanol–water partition coefficient (Wildman–Crippen LogP) is 5.81. The molecule has 1 atom stereocenters. The summed E-state index contributed by atoms with van der Waals surface area (Å²) < 4.78 is 0. The molecule has 0 aliphatic carbocycles. The summed E-state index contributed by atoms with van der Waals surface area (Å²) >= 11 is 13.9. The van der Waals surface area contributed by atoms with Gasteiger partial charge in [-0.1, -0.05) is 73.4 Å². The highest BCUT2D eigenvalue weighted by Crippen LogP contribution is 2.24. The molecule has 0 unspecified atom stereocenters. The molecule has 2 aromatic rings. The average molecular weight is 481 g/mol. The van der Waals surface area contributed by atoms with Crippen molar-refractivity contribution in [2.45, 2.75) is 45.5 Å². The van der Waals surface area contributed by atoms with E-state index >= 15 is 0 Å². The molecule has 31 heavy (non-hydrogen) atoms. The summed E-state index contributed by atoms with van der Waals surface area (Å²) in [5, 5.41) is 3.82. The van der Waals surface area contributed by atoms with Crippen LogP contribution < -0.4 is 5.32 Å². The Kier molecular flexibility index (Phi) is 10.7. The number of benzene rings is 2. The van der Waals surface area contributed by atoms with Gasteiger partial charge in [0.1, 0.15) is 6.04 Å². The third-order valence-corrected chi connectivity index (χ3v) is 6.53. The molecule has 0 bridgehead atoms. The van der Waals surface area contributed by atoms with Crippen LogP contribution in [0.2, 0.25) is 10.0 Å². The van der Waals surface area contributed by atoms with E-state index in [-0.39, 0.29) is 11.8 Å². The van der Waals surface area contributed by atoms with Crippen LogP contribution >= 0.6 is 35.0 Å². The van der Waals surface area contributed by atoms with Gasteiger partial charge in [-0.3, -0.25) is 9.59 Å². The minimum Gasteiger partial charge on any atom is -0.354 e. The van der Waals surface area contributed by atoms with Crippen molar-refractivity contribution < 1.29 is 9.59 Å². The fourth-order valence-corrected chi connectivity index (χ4v) is 4.15. The van der Waals surface area contributed by atoms with Crippen molar-refractivity contribution in [1.82, 2.24) is 10.2 Å². The molecule has 1 N–H and O–H groups in total. The molecular formula is C24H30Cl2N2O2S. The summed E-state index contributed by atoms with van der Waals surface area (Å²) in [6.45, 7) is 6.71.